The number of carbonyl (C=O) groups is 1. The van der Waals surface area contributed by atoms with Gasteiger partial charge in [0.1, 0.15) is 0 Å². The molecule has 1 amide bonds. The highest BCUT2D eigenvalue weighted by Crippen LogP contribution is 2.37. The van der Waals surface area contributed by atoms with Crippen molar-refractivity contribution in [3.8, 4) is 0 Å². The predicted octanol–water partition coefficient (Wildman–Crippen LogP) is 1.68. The van der Waals surface area contributed by atoms with E-state index in [2.05, 4.69) is 5.32 Å². The van der Waals surface area contributed by atoms with Gasteiger partial charge in [-0.1, -0.05) is 6.42 Å². The molecule has 7 heteroatoms. The molecule has 0 aromatic heterocycles. The van der Waals surface area contributed by atoms with E-state index in [1.165, 1.54) is 0 Å². The van der Waals surface area contributed by atoms with Crippen LogP contribution in [0.4, 0.5) is 13.2 Å². The van der Waals surface area contributed by atoms with Gasteiger partial charge in [0.2, 0.25) is 5.91 Å². The fourth-order valence-corrected chi connectivity index (χ4v) is 3.03. The average Bonchev–Trinajstić information content (AvgIpc) is 3.21. The summed E-state index contributed by atoms with van der Waals surface area (Å²) < 4.78 is 38.2. The van der Waals surface area contributed by atoms with Crippen molar-refractivity contribution in [3.63, 3.8) is 0 Å². The van der Waals surface area contributed by atoms with Crippen LogP contribution in [0.25, 0.3) is 0 Å². The third kappa shape index (κ3) is 5.14. The Morgan fingerprint density at radius 2 is 1.95 bits per heavy atom. The zero-order valence-electron chi connectivity index (χ0n) is 12.0. The summed E-state index contributed by atoms with van der Waals surface area (Å²) in [5, 5.41) is 11.7. The Kier molecular flexibility index (Phi) is 5.48. The van der Waals surface area contributed by atoms with E-state index in [0.717, 1.165) is 12.8 Å². The van der Waals surface area contributed by atoms with Gasteiger partial charge in [0, 0.05) is 18.6 Å². The van der Waals surface area contributed by atoms with E-state index in [9.17, 15) is 18.0 Å². The van der Waals surface area contributed by atoms with Crippen molar-refractivity contribution in [1.82, 2.24) is 10.2 Å². The van der Waals surface area contributed by atoms with Crippen molar-refractivity contribution in [2.45, 2.75) is 56.8 Å². The van der Waals surface area contributed by atoms with Crippen LogP contribution >= 0.6 is 0 Å². The maximum Gasteiger partial charge on any atom is 0.391 e. The van der Waals surface area contributed by atoms with E-state index in [0.29, 0.717) is 25.4 Å². The summed E-state index contributed by atoms with van der Waals surface area (Å²) in [6, 6.07) is -0.0368. The highest BCUT2D eigenvalue weighted by atomic mass is 19.4. The Bertz CT molecular complexity index is 359. The first-order valence-corrected chi connectivity index (χ1v) is 7.61. The third-order valence-electron chi connectivity index (χ3n) is 4.30. The molecule has 4 nitrogen and oxygen atoms in total. The quantitative estimate of drug-likeness (QED) is 0.785. The summed E-state index contributed by atoms with van der Waals surface area (Å²) in [7, 11) is 0. The second-order valence-electron chi connectivity index (χ2n) is 6.09. The number of aliphatic hydroxyl groups is 1. The third-order valence-corrected chi connectivity index (χ3v) is 4.30. The molecule has 2 unspecified atom stereocenters. The minimum atomic E-state index is -4.17. The minimum absolute atomic E-state index is 0.0106. The van der Waals surface area contributed by atoms with Crippen LogP contribution in [-0.2, 0) is 4.79 Å². The molecule has 2 atom stereocenters. The van der Waals surface area contributed by atoms with Gasteiger partial charge in [0.25, 0.3) is 0 Å². The maximum atomic E-state index is 12.7. The molecular weight excluding hydrogens is 285 g/mol. The largest absolute Gasteiger partial charge is 0.395 e. The van der Waals surface area contributed by atoms with Gasteiger partial charge in [0.15, 0.2) is 0 Å². The number of nitrogens with zero attached hydrogens (tertiary/aromatic N) is 1. The molecule has 2 rings (SSSR count). The monoisotopic (exact) mass is 308 g/mol. The normalized spacial score (nSPS) is 26.9. The Hall–Kier alpha value is -0.820. The van der Waals surface area contributed by atoms with Gasteiger partial charge in [-0.25, -0.2) is 0 Å². The average molecular weight is 308 g/mol. The molecular formula is C14H23F3N2O2. The predicted molar refractivity (Wildman–Crippen MR) is 71.6 cm³/mol. The minimum Gasteiger partial charge on any atom is -0.395 e. The van der Waals surface area contributed by atoms with Crippen LogP contribution in [0.5, 0.6) is 0 Å². The van der Waals surface area contributed by atoms with Crippen LogP contribution < -0.4 is 5.32 Å². The summed E-state index contributed by atoms with van der Waals surface area (Å²) in [5.41, 5.74) is 0. The lowest BCUT2D eigenvalue weighted by Crippen LogP contribution is -2.46. The lowest BCUT2D eigenvalue weighted by atomic mass is 9.85. The van der Waals surface area contributed by atoms with Crippen LogP contribution in [-0.4, -0.2) is 53.9 Å². The van der Waals surface area contributed by atoms with Crippen molar-refractivity contribution >= 4 is 5.91 Å². The molecule has 0 heterocycles. The molecule has 0 aromatic rings. The number of rotatable bonds is 6. The zero-order chi connectivity index (χ0) is 15.5. The first-order chi connectivity index (χ1) is 9.90. The number of hydrogen-bond donors (Lipinski definition) is 2. The van der Waals surface area contributed by atoms with Crippen LogP contribution in [0.1, 0.15) is 38.5 Å². The number of carbonyl (C=O) groups excluding carboxylic acids is 1. The van der Waals surface area contributed by atoms with Crippen LogP contribution in [0, 0.1) is 5.92 Å². The molecule has 0 aliphatic heterocycles. The Morgan fingerprint density at radius 1 is 1.24 bits per heavy atom. The number of hydrogen-bond acceptors (Lipinski definition) is 3. The van der Waals surface area contributed by atoms with Crippen LogP contribution in [0.3, 0.4) is 0 Å². The van der Waals surface area contributed by atoms with Gasteiger partial charge in [-0.15, -0.1) is 0 Å². The summed E-state index contributed by atoms with van der Waals surface area (Å²) in [6.45, 7) is 0.593. The van der Waals surface area contributed by atoms with Gasteiger partial charge in [-0.05, 0) is 32.1 Å². The van der Waals surface area contributed by atoms with Crippen molar-refractivity contribution < 1.29 is 23.1 Å². The fraction of sp³-hybridized carbons (Fsp3) is 0.929. The topological polar surface area (TPSA) is 52.6 Å². The Balaban J connectivity index is 1.78. The lowest BCUT2D eigenvalue weighted by molar-refractivity contribution is -0.184. The van der Waals surface area contributed by atoms with E-state index < -0.39 is 12.1 Å². The summed E-state index contributed by atoms with van der Waals surface area (Å²) in [4.78, 5) is 13.9. The van der Waals surface area contributed by atoms with Gasteiger partial charge in [-0.3, -0.25) is 9.69 Å². The standard InChI is InChI=1S/C14H23F3N2O2/c15-14(16,17)10-2-1-3-11(8-10)18-13(21)9-19(6-7-20)12-4-5-12/h10-12,20H,1-9H2,(H,18,21). The van der Waals surface area contributed by atoms with Crippen molar-refractivity contribution in [3.05, 3.63) is 0 Å². The Labute approximate surface area is 122 Å². The molecule has 0 radical (unpaired) electrons. The van der Waals surface area contributed by atoms with Gasteiger partial charge < -0.3 is 10.4 Å². The van der Waals surface area contributed by atoms with Crippen LogP contribution in [0.2, 0.25) is 0 Å². The molecule has 2 aliphatic rings. The van der Waals surface area contributed by atoms with Gasteiger partial charge in [-0.2, -0.15) is 13.2 Å². The van der Waals surface area contributed by atoms with E-state index >= 15 is 0 Å². The van der Waals surface area contributed by atoms with E-state index in [-0.39, 0.29) is 37.9 Å². The van der Waals surface area contributed by atoms with E-state index in [1.54, 1.807) is 0 Å². The first kappa shape index (κ1) is 16.5. The molecule has 2 aliphatic carbocycles. The number of nitrogens with one attached hydrogen (secondary N) is 1. The summed E-state index contributed by atoms with van der Waals surface area (Å²) in [6.07, 6.45) is -0.868. The number of amides is 1. The molecule has 0 saturated heterocycles. The van der Waals surface area contributed by atoms with E-state index in [4.69, 9.17) is 5.11 Å². The van der Waals surface area contributed by atoms with Gasteiger partial charge >= 0.3 is 6.18 Å². The number of aliphatic hydroxyl groups excluding tert-OH is 1. The number of halogens is 3. The highest BCUT2D eigenvalue weighted by molar-refractivity contribution is 5.78. The highest BCUT2D eigenvalue weighted by Gasteiger charge is 2.42. The van der Waals surface area contributed by atoms with Crippen molar-refractivity contribution in [2.24, 2.45) is 5.92 Å². The van der Waals surface area contributed by atoms with Crippen LogP contribution in [0.15, 0.2) is 0 Å². The molecule has 2 fully saturated rings. The smallest absolute Gasteiger partial charge is 0.391 e. The van der Waals surface area contributed by atoms with Gasteiger partial charge in [0.05, 0.1) is 19.1 Å². The lowest BCUT2D eigenvalue weighted by Gasteiger charge is -2.31. The summed E-state index contributed by atoms with van der Waals surface area (Å²) in [5.74, 6) is -1.53. The molecule has 122 valence electrons. The molecule has 21 heavy (non-hydrogen) atoms. The first-order valence-electron chi connectivity index (χ1n) is 7.61. The molecule has 0 bridgehead atoms. The fourth-order valence-electron chi connectivity index (χ4n) is 3.03. The second kappa shape index (κ2) is 6.96. The van der Waals surface area contributed by atoms with Crippen molar-refractivity contribution in [1.29, 1.82) is 0 Å². The van der Waals surface area contributed by atoms with E-state index in [1.807, 2.05) is 4.90 Å². The maximum absolute atomic E-state index is 12.7. The second-order valence-corrected chi connectivity index (χ2v) is 6.09. The van der Waals surface area contributed by atoms with Crippen molar-refractivity contribution in [2.75, 3.05) is 19.7 Å². The molecule has 2 N–H and O–H groups in total. The molecule has 0 aromatic carbocycles. The zero-order valence-corrected chi connectivity index (χ0v) is 12.0. The number of alkyl halides is 3. The summed E-state index contributed by atoms with van der Waals surface area (Å²) >= 11 is 0. The molecule has 2 saturated carbocycles. The molecule has 0 spiro atoms. The Morgan fingerprint density at radius 3 is 2.52 bits per heavy atom. The SMILES string of the molecule is O=C(CN(CCO)C1CC1)NC1CCCC(C(F)(F)F)C1.